The number of aromatic amines is 1. The molecule has 0 spiro atoms. The third kappa shape index (κ3) is 3.01. The first-order chi connectivity index (χ1) is 9.42. The van der Waals surface area contributed by atoms with E-state index in [1.54, 1.807) is 0 Å². The van der Waals surface area contributed by atoms with Gasteiger partial charge in [-0.05, 0) is 41.3 Å². The van der Waals surface area contributed by atoms with Crippen molar-refractivity contribution in [3.05, 3.63) is 66.1 Å². The first-order valence-corrected chi connectivity index (χ1v) is 6.58. The van der Waals surface area contributed by atoms with Crippen LogP contribution >= 0.6 is 0 Å². The highest BCUT2D eigenvalue weighted by Gasteiger charge is 1.98. The zero-order chi connectivity index (χ0) is 12.9. The van der Waals surface area contributed by atoms with Crippen molar-refractivity contribution >= 4 is 10.9 Å². The van der Waals surface area contributed by atoms with Crippen LogP contribution in [0.3, 0.4) is 0 Å². The van der Waals surface area contributed by atoms with Crippen LogP contribution in [0, 0.1) is 0 Å². The van der Waals surface area contributed by atoms with Crippen molar-refractivity contribution in [1.82, 2.24) is 15.3 Å². The van der Waals surface area contributed by atoms with E-state index in [2.05, 4.69) is 45.6 Å². The maximum absolute atomic E-state index is 4.31. The van der Waals surface area contributed by atoms with Gasteiger partial charge in [0.25, 0.3) is 0 Å². The van der Waals surface area contributed by atoms with Gasteiger partial charge in [0.05, 0.1) is 0 Å². The lowest BCUT2D eigenvalue weighted by Gasteiger charge is -2.05. The molecule has 2 heterocycles. The summed E-state index contributed by atoms with van der Waals surface area (Å²) in [5, 5.41) is 4.72. The molecule has 0 saturated heterocycles. The number of pyridine rings is 1. The molecule has 2 N–H and O–H groups in total. The van der Waals surface area contributed by atoms with E-state index in [-0.39, 0.29) is 0 Å². The number of benzene rings is 1. The third-order valence-electron chi connectivity index (χ3n) is 3.23. The first kappa shape index (κ1) is 11.9. The van der Waals surface area contributed by atoms with E-state index in [9.17, 15) is 0 Å². The molecule has 0 fully saturated rings. The molecular formula is C16H17N3. The van der Waals surface area contributed by atoms with E-state index in [1.807, 2.05) is 24.5 Å². The number of hydrogen-bond acceptors (Lipinski definition) is 2. The van der Waals surface area contributed by atoms with Crippen LogP contribution < -0.4 is 5.32 Å². The average Bonchev–Trinajstić information content (AvgIpc) is 2.92. The Morgan fingerprint density at radius 2 is 2.11 bits per heavy atom. The molecule has 1 aromatic carbocycles. The summed E-state index contributed by atoms with van der Waals surface area (Å²) >= 11 is 0. The van der Waals surface area contributed by atoms with Gasteiger partial charge in [0.1, 0.15) is 0 Å². The van der Waals surface area contributed by atoms with Crippen molar-refractivity contribution in [2.24, 2.45) is 0 Å². The standard InChI is InChI=1S/C16H17N3/c1-2-8-18-15(3-1)7-9-17-12-13-4-5-16-14(11-13)6-10-19-16/h1-6,8,10-11,17,19H,7,9,12H2. The lowest BCUT2D eigenvalue weighted by molar-refractivity contribution is 0.680. The summed E-state index contributed by atoms with van der Waals surface area (Å²) < 4.78 is 0. The molecule has 0 unspecified atom stereocenters. The van der Waals surface area contributed by atoms with Crippen molar-refractivity contribution in [3.63, 3.8) is 0 Å². The van der Waals surface area contributed by atoms with Crippen LogP contribution in [0.4, 0.5) is 0 Å². The molecule has 2 aromatic heterocycles. The molecule has 3 rings (SSSR count). The highest BCUT2D eigenvalue weighted by Crippen LogP contribution is 2.13. The normalized spacial score (nSPS) is 10.9. The molecule has 0 saturated carbocycles. The van der Waals surface area contributed by atoms with E-state index in [4.69, 9.17) is 0 Å². The van der Waals surface area contributed by atoms with Crippen LogP contribution in [0.15, 0.2) is 54.9 Å². The topological polar surface area (TPSA) is 40.7 Å². The van der Waals surface area contributed by atoms with Gasteiger partial charge in [-0.3, -0.25) is 4.98 Å². The Balaban J connectivity index is 1.52. The molecule has 19 heavy (non-hydrogen) atoms. The monoisotopic (exact) mass is 251 g/mol. The van der Waals surface area contributed by atoms with Crippen molar-refractivity contribution < 1.29 is 0 Å². The molecule has 0 atom stereocenters. The minimum atomic E-state index is 0.897. The predicted molar refractivity (Wildman–Crippen MR) is 77.9 cm³/mol. The smallest absolute Gasteiger partial charge is 0.0454 e. The number of fused-ring (bicyclic) bond motifs is 1. The molecule has 3 heteroatoms. The lowest BCUT2D eigenvalue weighted by Crippen LogP contribution is -2.17. The average molecular weight is 251 g/mol. The van der Waals surface area contributed by atoms with E-state index < -0.39 is 0 Å². The van der Waals surface area contributed by atoms with Gasteiger partial charge < -0.3 is 10.3 Å². The molecule has 3 nitrogen and oxygen atoms in total. The summed E-state index contributed by atoms with van der Waals surface area (Å²) in [7, 11) is 0. The minimum Gasteiger partial charge on any atom is -0.361 e. The maximum Gasteiger partial charge on any atom is 0.0454 e. The van der Waals surface area contributed by atoms with Gasteiger partial charge in [-0.15, -0.1) is 0 Å². The molecule has 0 bridgehead atoms. The van der Waals surface area contributed by atoms with Crippen molar-refractivity contribution in [2.45, 2.75) is 13.0 Å². The Kier molecular flexibility index (Phi) is 3.56. The van der Waals surface area contributed by atoms with Gasteiger partial charge in [-0.2, -0.15) is 0 Å². The van der Waals surface area contributed by atoms with Gasteiger partial charge in [0.2, 0.25) is 0 Å². The van der Waals surface area contributed by atoms with E-state index in [0.29, 0.717) is 0 Å². The Morgan fingerprint density at radius 1 is 1.11 bits per heavy atom. The van der Waals surface area contributed by atoms with Crippen LogP contribution in [0.5, 0.6) is 0 Å². The van der Waals surface area contributed by atoms with E-state index >= 15 is 0 Å². The molecule has 0 amide bonds. The Hall–Kier alpha value is -2.13. The summed E-state index contributed by atoms with van der Waals surface area (Å²) in [4.78, 5) is 7.52. The number of aromatic nitrogens is 2. The maximum atomic E-state index is 4.31. The van der Waals surface area contributed by atoms with Gasteiger partial charge in [0.15, 0.2) is 0 Å². The van der Waals surface area contributed by atoms with Crippen LogP contribution in [0.2, 0.25) is 0 Å². The molecule has 0 radical (unpaired) electrons. The quantitative estimate of drug-likeness (QED) is 0.685. The summed E-state index contributed by atoms with van der Waals surface area (Å²) in [6, 6.07) is 14.7. The molecule has 0 aliphatic carbocycles. The van der Waals surface area contributed by atoms with Gasteiger partial charge in [-0.25, -0.2) is 0 Å². The van der Waals surface area contributed by atoms with Crippen molar-refractivity contribution in [3.8, 4) is 0 Å². The van der Waals surface area contributed by atoms with Crippen LogP contribution in [-0.2, 0) is 13.0 Å². The Labute approximate surface area is 112 Å². The number of hydrogen-bond donors (Lipinski definition) is 2. The fourth-order valence-corrected chi connectivity index (χ4v) is 2.21. The number of rotatable bonds is 5. The highest BCUT2D eigenvalue weighted by atomic mass is 14.9. The highest BCUT2D eigenvalue weighted by molar-refractivity contribution is 5.79. The van der Waals surface area contributed by atoms with Crippen LogP contribution in [-0.4, -0.2) is 16.5 Å². The van der Waals surface area contributed by atoms with Crippen LogP contribution in [0.25, 0.3) is 10.9 Å². The fourth-order valence-electron chi connectivity index (χ4n) is 2.21. The summed E-state index contributed by atoms with van der Waals surface area (Å²) in [5.41, 5.74) is 3.64. The predicted octanol–water partition coefficient (Wildman–Crippen LogP) is 2.90. The largest absolute Gasteiger partial charge is 0.361 e. The SMILES string of the molecule is c1ccc(CCNCc2ccc3[nH]ccc3c2)nc1. The second-order valence-corrected chi connectivity index (χ2v) is 4.65. The number of nitrogens with one attached hydrogen (secondary N) is 2. The van der Waals surface area contributed by atoms with Crippen molar-refractivity contribution in [1.29, 1.82) is 0 Å². The second-order valence-electron chi connectivity index (χ2n) is 4.65. The van der Waals surface area contributed by atoms with Crippen molar-refractivity contribution in [2.75, 3.05) is 6.54 Å². The fraction of sp³-hybridized carbons (Fsp3) is 0.188. The molecule has 0 aliphatic rings. The number of H-pyrrole nitrogens is 1. The minimum absolute atomic E-state index is 0.897. The van der Waals surface area contributed by atoms with Gasteiger partial charge in [-0.1, -0.05) is 12.1 Å². The summed E-state index contributed by atoms with van der Waals surface area (Å²) in [6.45, 7) is 1.84. The third-order valence-corrected chi connectivity index (χ3v) is 3.23. The first-order valence-electron chi connectivity index (χ1n) is 6.58. The Bertz CT molecular complexity index is 643. The Morgan fingerprint density at radius 3 is 3.00 bits per heavy atom. The van der Waals surface area contributed by atoms with Crippen LogP contribution in [0.1, 0.15) is 11.3 Å². The zero-order valence-corrected chi connectivity index (χ0v) is 10.8. The summed E-state index contributed by atoms with van der Waals surface area (Å²) in [5.74, 6) is 0. The zero-order valence-electron chi connectivity index (χ0n) is 10.8. The second kappa shape index (κ2) is 5.67. The van der Waals surface area contributed by atoms with E-state index in [0.717, 1.165) is 25.2 Å². The van der Waals surface area contributed by atoms with E-state index in [1.165, 1.54) is 16.5 Å². The molecule has 0 aliphatic heterocycles. The van der Waals surface area contributed by atoms with Gasteiger partial charge >= 0.3 is 0 Å². The molecule has 96 valence electrons. The molecular weight excluding hydrogens is 234 g/mol. The number of nitrogens with zero attached hydrogens (tertiary/aromatic N) is 1. The lowest BCUT2D eigenvalue weighted by atomic mass is 10.1. The summed E-state index contributed by atoms with van der Waals surface area (Å²) in [6.07, 6.45) is 4.78. The van der Waals surface area contributed by atoms with Gasteiger partial charge in [0, 0.05) is 43.1 Å². The molecule has 3 aromatic rings.